The summed E-state index contributed by atoms with van der Waals surface area (Å²) in [5.74, 6) is -0.161. The molecule has 2 aliphatic heterocycles. The van der Waals surface area contributed by atoms with Crippen LogP contribution in [0.3, 0.4) is 0 Å². The Bertz CT molecular complexity index is 638. The minimum atomic E-state index is -0.448. The summed E-state index contributed by atoms with van der Waals surface area (Å²) in [6, 6.07) is 4.45. The molecule has 1 saturated heterocycles. The first-order valence-corrected chi connectivity index (χ1v) is 7.42. The number of hydrogen-bond donors (Lipinski definition) is 0. The van der Waals surface area contributed by atoms with E-state index in [0.29, 0.717) is 12.1 Å². The number of nitro benzene ring substituents is 1. The number of carbonyl (C=O) groups is 2. The molecule has 0 radical (unpaired) electrons. The molecule has 7 heteroatoms. The molecule has 1 aromatic carbocycles. The topological polar surface area (TPSA) is 83.8 Å². The van der Waals surface area contributed by atoms with Gasteiger partial charge in [-0.25, -0.2) is 0 Å². The fourth-order valence-corrected chi connectivity index (χ4v) is 3.04. The van der Waals surface area contributed by atoms with Crippen LogP contribution in [0.2, 0.25) is 0 Å². The fourth-order valence-electron chi connectivity index (χ4n) is 3.04. The summed E-state index contributed by atoms with van der Waals surface area (Å²) < 4.78 is 0. The Kier molecular flexibility index (Phi) is 3.79. The highest BCUT2D eigenvalue weighted by Gasteiger charge is 2.29. The highest BCUT2D eigenvalue weighted by Crippen LogP contribution is 2.31. The lowest BCUT2D eigenvalue weighted by Gasteiger charge is -2.30. The van der Waals surface area contributed by atoms with Crippen LogP contribution in [0.25, 0.3) is 0 Å². The quantitative estimate of drug-likeness (QED) is 0.625. The Morgan fingerprint density at radius 3 is 2.64 bits per heavy atom. The molecule has 0 spiro atoms. The van der Waals surface area contributed by atoms with E-state index in [0.717, 1.165) is 31.5 Å². The van der Waals surface area contributed by atoms with Crippen LogP contribution in [-0.4, -0.2) is 41.3 Å². The van der Waals surface area contributed by atoms with Gasteiger partial charge in [0.2, 0.25) is 11.8 Å². The van der Waals surface area contributed by atoms with Crippen LogP contribution in [-0.2, 0) is 16.0 Å². The van der Waals surface area contributed by atoms with Crippen LogP contribution in [0.1, 0.15) is 24.8 Å². The van der Waals surface area contributed by atoms with E-state index < -0.39 is 4.92 Å². The number of rotatable bonds is 3. The Hall–Kier alpha value is -2.44. The van der Waals surface area contributed by atoms with Gasteiger partial charge in [-0.2, -0.15) is 0 Å². The van der Waals surface area contributed by atoms with Crippen molar-refractivity contribution >= 4 is 23.2 Å². The van der Waals surface area contributed by atoms with E-state index in [1.165, 1.54) is 17.0 Å². The molecule has 0 atom stereocenters. The standard InChI is InChI=1S/C15H17N3O4/c19-14-6-3-11-9-12(18(21)22)4-5-13(11)17(14)10-15(20)16-7-1-2-8-16/h4-5,9H,1-3,6-8,10H2. The molecule has 2 aliphatic rings. The lowest BCUT2D eigenvalue weighted by atomic mass is 10.0. The van der Waals surface area contributed by atoms with E-state index in [2.05, 4.69) is 0 Å². The van der Waals surface area contributed by atoms with Gasteiger partial charge in [-0.1, -0.05) is 0 Å². The first-order valence-electron chi connectivity index (χ1n) is 7.42. The third-order valence-corrected chi connectivity index (χ3v) is 4.23. The second-order valence-electron chi connectivity index (χ2n) is 5.64. The zero-order valence-electron chi connectivity index (χ0n) is 12.2. The highest BCUT2D eigenvalue weighted by molar-refractivity contribution is 6.01. The molecule has 0 N–H and O–H groups in total. The van der Waals surface area contributed by atoms with Gasteiger partial charge in [0.1, 0.15) is 6.54 Å². The van der Waals surface area contributed by atoms with Crippen LogP contribution in [0.5, 0.6) is 0 Å². The zero-order chi connectivity index (χ0) is 15.7. The van der Waals surface area contributed by atoms with E-state index in [-0.39, 0.29) is 30.5 Å². The number of likely N-dealkylation sites (tertiary alicyclic amines) is 1. The molecular formula is C15H17N3O4. The number of non-ortho nitro benzene ring substituents is 1. The van der Waals surface area contributed by atoms with E-state index in [1.807, 2.05) is 0 Å². The number of carbonyl (C=O) groups excluding carboxylic acids is 2. The van der Waals surface area contributed by atoms with Crippen LogP contribution < -0.4 is 4.90 Å². The molecule has 0 saturated carbocycles. The second-order valence-corrected chi connectivity index (χ2v) is 5.64. The Labute approximate surface area is 127 Å². The van der Waals surface area contributed by atoms with Gasteiger partial charge < -0.3 is 9.80 Å². The predicted octanol–water partition coefficient (Wildman–Crippen LogP) is 1.50. The normalized spacial score (nSPS) is 17.5. The maximum Gasteiger partial charge on any atom is 0.269 e. The summed E-state index contributed by atoms with van der Waals surface area (Å²) in [6.07, 6.45) is 2.76. The lowest BCUT2D eigenvalue weighted by Crippen LogP contribution is -2.44. The van der Waals surface area contributed by atoms with E-state index in [1.54, 1.807) is 11.0 Å². The molecule has 0 bridgehead atoms. The van der Waals surface area contributed by atoms with Crippen molar-refractivity contribution in [3.8, 4) is 0 Å². The fraction of sp³-hybridized carbons (Fsp3) is 0.467. The summed E-state index contributed by atoms with van der Waals surface area (Å²) in [5.41, 5.74) is 1.39. The Balaban J connectivity index is 1.84. The predicted molar refractivity (Wildman–Crippen MR) is 79.6 cm³/mol. The van der Waals surface area contributed by atoms with Gasteiger partial charge in [-0.3, -0.25) is 19.7 Å². The number of amides is 2. The number of fused-ring (bicyclic) bond motifs is 1. The van der Waals surface area contributed by atoms with Crippen molar-refractivity contribution in [1.29, 1.82) is 0 Å². The minimum Gasteiger partial charge on any atom is -0.341 e. The number of hydrogen-bond acceptors (Lipinski definition) is 4. The first kappa shape index (κ1) is 14.5. The zero-order valence-corrected chi connectivity index (χ0v) is 12.2. The van der Waals surface area contributed by atoms with Gasteiger partial charge in [0.15, 0.2) is 0 Å². The molecule has 22 heavy (non-hydrogen) atoms. The van der Waals surface area contributed by atoms with E-state index >= 15 is 0 Å². The second kappa shape index (κ2) is 5.75. The Morgan fingerprint density at radius 1 is 1.23 bits per heavy atom. The summed E-state index contributed by atoms with van der Waals surface area (Å²) in [4.78, 5) is 38.0. The van der Waals surface area contributed by atoms with Gasteiger partial charge in [0, 0.05) is 37.3 Å². The average Bonchev–Trinajstić information content (AvgIpc) is 3.04. The van der Waals surface area contributed by atoms with Crippen molar-refractivity contribution < 1.29 is 14.5 Å². The highest BCUT2D eigenvalue weighted by atomic mass is 16.6. The monoisotopic (exact) mass is 303 g/mol. The molecular weight excluding hydrogens is 286 g/mol. The third-order valence-electron chi connectivity index (χ3n) is 4.23. The molecule has 2 amide bonds. The average molecular weight is 303 g/mol. The number of nitro groups is 1. The van der Waals surface area contributed by atoms with E-state index in [9.17, 15) is 19.7 Å². The van der Waals surface area contributed by atoms with Gasteiger partial charge >= 0.3 is 0 Å². The molecule has 0 aliphatic carbocycles. The molecule has 1 aromatic rings. The number of aryl methyl sites for hydroxylation is 1. The van der Waals surface area contributed by atoms with Crippen molar-refractivity contribution in [2.75, 3.05) is 24.5 Å². The van der Waals surface area contributed by atoms with Gasteiger partial charge in [0.25, 0.3) is 5.69 Å². The van der Waals surface area contributed by atoms with E-state index in [4.69, 9.17) is 0 Å². The van der Waals surface area contributed by atoms with Crippen LogP contribution in [0, 0.1) is 10.1 Å². The maximum atomic E-state index is 12.3. The molecule has 2 heterocycles. The van der Waals surface area contributed by atoms with Crippen molar-refractivity contribution in [3.05, 3.63) is 33.9 Å². The summed E-state index contributed by atoms with van der Waals surface area (Å²) in [6.45, 7) is 1.51. The Morgan fingerprint density at radius 2 is 1.95 bits per heavy atom. The molecule has 0 unspecified atom stereocenters. The van der Waals surface area contributed by atoms with Crippen molar-refractivity contribution in [2.24, 2.45) is 0 Å². The summed E-state index contributed by atoms with van der Waals surface area (Å²) >= 11 is 0. The smallest absolute Gasteiger partial charge is 0.269 e. The van der Waals surface area contributed by atoms with Gasteiger partial charge in [-0.15, -0.1) is 0 Å². The van der Waals surface area contributed by atoms with Gasteiger partial charge in [-0.05, 0) is 30.9 Å². The summed E-state index contributed by atoms with van der Waals surface area (Å²) in [7, 11) is 0. The van der Waals surface area contributed by atoms with Crippen LogP contribution in [0.15, 0.2) is 18.2 Å². The first-order chi connectivity index (χ1) is 10.6. The van der Waals surface area contributed by atoms with Crippen LogP contribution >= 0.6 is 0 Å². The summed E-state index contributed by atoms with van der Waals surface area (Å²) in [5, 5.41) is 10.8. The number of benzene rings is 1. The molecule has 0 aromatic heterocycles. The van der Waals surface area contributed by atoms with Crippen molar-refractivity contribution in [3.63, 3.8) is 0 Å². The third kappa shape index (κ3) is 2.66. The van der Waals surface area contributed by atoms with Gasteiger partial charge in [0.05, 0.1) is 4.92 Å². The molecule has 3 rings (SSSR count). The van der Waals surface area contributed by atoms with Crippen molar-refractivity contribution in [1.82, 2.24) is 4.90 Å². The number of anilines is 1. The molecule has 7 nitrogen and oxygen atoms in total. The SMILES string of the molecule is O=C(CN1C(=O)CCc2cc([N+](=O)[O-])ccc21)N1CCCC1. The molecule has 1 fully saturated rings. The van der Waals surface area contributed by atoms with Crippen LogP contribution in [0.4, 0.5) is 11.4 Å². The largest absolute Gasteiger partial charge is 0.341 e. The number of nitrogens with zero attached hydrogens (tertiary/aromatic N) is 3. The maximum absolute atomic E-state index is 12.3. The molecule has 116 valence electrons. The minimum absolute atomic E-state index is 0.0129. The lowest BCUT2D eigenvalue weighted by molar-refractivity contribution is -0.384. The van der Waals surface area contributed by atoms with Crippen molar-refractivity contribution in [2.45, 2.75) is 25.7 Å².